The van der Waals surface area contributed by atoms with Crippen molar-refractivity contribution in [2.75, 3.05) is 27.2 Å². The monoisotopic (exact) mass is 614 g/mol. The van der Waals surface area contributed by atoms with E-state index in [-0.39, 0.29) is 22.2 Å². The van der Waals surface area contributed by atoms with E-state index in [1.807, 2.05) is 32.3 Å². The zero-order valence-corrected chi connectivity index (χ0v) is 29.0. The molecule has 0 radical (unpaired) electrons. The molecule has 0 spiro atoms. The van der Waals surface area contributed by atoms with Crippen LogP contribution in [-0.2, 0) is 4.79 Å². The highest BCUT2D eigenvalue weighted by Crippen LogP contribution is 2.77. The van der Waals surface area contributed by atoms with Crippen molar-refractivity contribution >= 4 is 17.4 Å². The number of carboxylic acids is 1. The van der Waals surface area contributed by atoms with E-state index in [4.69, 9.17) is 0 Å². The number of nitrogens with zero attached hydrogens (tertiary/aromatic N) is 1. The molecule has 6 rings (SSSR count). The number of carbonyl (C=O) groups is 2. The second-order valence-corrected chi connectivity index (χ2v) is 17.3. The van der Waals surface area contributed by atoms with Crippen LogP contribution in [0.5, 0.6) is 0 Å². The molecule has 5 nitrogen and oxygen atoms in total. The third-order valence-electron chi connectivity index (χ3n) is 14.9. The molecule has 1 amide bonds. The number of likely N-dealkylation sites (N-methyl/N-ethyl adjacent to an activating group) is 1. The van der Waals surface area contributed by atoms with Crippen LogP contribution in [0.1, 0.15) is 115 Å². The molecule has 45 heavy (non-hydrogen) atoms. The molecule has 246 valence electrons. The van der Waals surface area contributed by atoms with Crippen LogP contribution in [0.15, 0.2) is 42.5 Å². The van der Waals surface area contributed by atoms with E-state index < -0.39 is 5.97 Å². The first-order chi connectivity index (χ1) is 21.2. The van der Waals surface area contributed by atoms with E-state index in [0.717, 1.165) is 18.9 Å². The minimum Gasteiger partial charge on any atom is -0.478 e. The minimum absolute atomic E-state index is 0.0297. The van der Waals surface area contributed by atoms with Crippen molar-refractivity contribution in [3.63, 3.8) is 0 Å². The number of hydrogen-bond acceptors (Lipinski definition) is 3. The lowest BCUT2D eigenvalue weighted by molar-refractivity contribution is -0.218. The summed E-state index contributed by atoms with van der Waals surface area (Å²) in [6.45, 7) is 14.5. The van der Waals surface area contributed by atoms with Crippen molar-refractivity contribution in [3.05, 3.63) is 53.6 Å². The van der Waals surface area contributed by atoms with Gasteiger partial charge in [0, 0.05) is 13.1 Å². The molecular formula is C40H58N2O3. The number of nitrogens with one attached hydrogen (secondary N) is 1. The first-order valence-electron chi connectivity index (χ1n) is 17.8. The van der Waals surface area contributed by atoms with Gasteiger partial charge in [0.1, 0.15) is 0 Å². The number of fused-ring (bicyclic) bond motifs is 7. The fourth-order valence-electron chi connectivity index (χ4n) is 12.5. The van der Waals surface area contributed by atoms with Gasteiger partial charge in [-0.05, 0) is 152 Å². The predicted octanol–water partition coefficient (Wildman–Crippen LogP) is 8.47. The maximum absolute atomic E-state index is 12.8. The van der Waals surface area contributed by atoms with Crippen LogP contribution in [0, 0.1) is 50.7 Å². The molecule has 4 fully saturated rings. The van der Waals surface area contributed by atoms with Crippen molar-refractivity contribution in [3.8, 4) is 0 Å². The topological polar surface area (TPSA) is 69.6 Å². The van der Waals surface area contributed by atoms with Crippen molar-refractivity contribution < 1.29 is 14.7 Å². The smallest absolute Gasteiger partial charge is 0.335 e. The summed E-state index contributed by atoms with van der Waals surface area (Å²) in [7, 11) is 4.08. The number of carbonyl (C=O) groups excluding carboxylic acids is 1. The quantitative estimate of drug-likeness (QED) is 0.302. The van der Waals surface area contributed by atoms with E-state index in [9.17, 15) is 14.7 Å². The van der Waals surface area contributed by atoms with E-state index in [0.29, 0.717) is 40.7 Å². The highest BCUT2D eigenvalue weighted by molar-refractivity contribution is 5.88. The summed E-state index contributed by atoms with van der Waals surface area (Å²) in [4.78, 5) is 26.4. The zero-order chi connectivity index (χ0) is 32.4. The Morgan fingerprint density at radius 2 is 1.62 bits per heavy atom. The van der Waals surface area contributed by atoms with Crippen LogP contribution >= 0.6 is 0 Å². The molecule has 0 aliphatic heterocycles. The predicted molar refractivity (Wildman–Crippen MR) is 183 cm³/mol. The average Bonchev–Trinajstić information content (AvgIpc) is 3.40. The number of allylic oxidation sites excluding steroid dienone is 3. The fraction of sp³-hybridized carbons (Fsp3) is 0.700. The van der Waals surface area contributed by atoms with Crippen LogP contribution in [-0.4, -0.2) is 49.1 Å². The standard InChI is InChI=1S/C40H58N2O3/c1-36(2)29(27-10-12-28(13-11-27)35(44)45)16-20-37(3)32(36)17-21-39(5)33(37)15-14-30-31-9-8-19-40(31,24-23-38(30,39)4)22-18-34(43)41-25-26-42(6)7/h10-13,16,18,22,30-33H,8-9,14-15,17,19-21,23-26H2,1-7H3,(H,41,43)(H,44,45)/b22-18+/t30-,31-,32?,33?,37+,38-,39-,40+/m1/s1. The van der Waals surface area contributed by atoms with Gasteiger partial charge in [0.2, 0.25) is 5.91 Å². The highest BCUT2D eigenvalue weighted by Gasteiger charge is 2.69. The lowest BCUT2D eigenvalue weighted by Gasteiger charge is -2.72. The summed E-state index contributed by atoms with van der Waals surface area (Å²) in [6.07, 6.45) is 19.4. The summed E-state index contributed by atoms with van der Waals surface area (Å²) in [5.41, 5.74) is 4.05. The van der Waals surface area contributed by atoms with Crippen LogP contribution < -0.4 is 5.32 Å². The van der Waals surface area contributed by atoms with E-state index in [1.165, 1.54) is 68.9 Å². The Kier molecular flexibility index (Phi) is 8.23. The molecule has 0 aromatic heterocycles. The van der Waals surface area contributed by atoms with Gasteiger partial charge in [-0.1, -0.05) is 65.3 Å². The van der Waals surface area contributed by atoms with Crippen LogP contribution in [0.2, 0.25) is 0 Å². The normalized spacial score (nSPS) is 40.2. The molecule has 4 saturated carbocycles. The highest BCUT2D eigenvalue weighted by atomic mass is 16.4. The number of carboxylic acid groups (broad SMARTS) is 1. The number of rotatable bonds is 7. The number of aromatic carboxylic acids is 1. The summed E-state index contributed by atoms with van der Waals surface area (Å²) in [5, 5.41) is 12.5. The van der Waals surface area contributed by atoms with Gasteiger partial charge in [0.25, 0.3) is 0 Å². The fourth-order valence-corrected chi connectivity index (χ4v) is 12.5. The molecule has 0 saturated heterocycles. The maximum Gasteiger partial charge on any atom is 0.335 e. The van der Waals surface area contributed by atoms with Crippen LogP contribution in [0.3, 0.4) is 0 Å². The Balaban J connectivity index is 1.25. The molecule has 8 atom stereocenters. The second-order valence-electron chi connectivity index (χ2n) is 17.3. The largest absolute Gasteiger partial charge is 0.478 e. The molecule has 5 aliphatic carbocycles. The SMILES string of the molecule is CN(C)CCNC(=O)/C=C/[C@]12CCC[C@@H]1[C@H]1CCC3[C@@]4(C)CC=C(c5ccc(C(=O)O)cc5)C(C)(C)C4CC[C@@]3(C)[C@]1(C)CC2. The van der Waals surface area contributed by atoms with E-state index >= 15 is 0 Å². The maximum atomic E-state index is 12.8. The summed E-state index contributed by atoms with van der Waals surface area (Å²) < 4.78 is 0. The molecule has 2 N–H and O–H groups in total. The van der Waals surface area contributed by atoms with Crippen LogP contribution in [0.4, 0.5) is 0 Å². The molecule has 5 aliphatic rings. The third-order valence-corrected chi connectivity index (χ3v) is 14.9. The number of amides is 1. The molecule has 0 bridgehead atoms. The van der Waals surface area contributed by atoms with Gasteiger partial charge in [-0.2, -0.15) is 0 Å². The van der Waals surface area contributed by atoms with Crippen molar-refractivity contribution in [2.24, 2.45) is 50.7 Å². The molecule has 0 heterocycles. The summed E-state index contributed by atoms with van der Waals surface area (Å²) in [5.74, 6) is 1.92. The van der Waals surface area contributed by atoms with Crippen molar-refractivity contribution in [1.29, 1.82) is 0 Å². The van der Waals surface area contributed by atoms with E-state index in [2.05, 4.69) is 57.0 Å². The van der Waals surface area contributed by atoms with Gasteiger partial charge in [0.15, 0.2) is 0 Å². The van der Waals surface area contributed by atoms with Crippen molar-refractivity contribution in [2.45, 2.75) is 98.8 Å². The number of benzene rings is 1. The first kappa shape index (κ1) is 32.5. The summed E-state index contributed by atoms with van der Waals surface area (Å²) in [6, 6.07) is 7.58. The second kappa shape index (κ2) is 11.4. The lowest BCUT2D eigenvalue weighted by atomic mass is 9.32. The van der Waals surface area contributed by atoms with Gasteiger partial charge in [0.05, 0.1) is 5.56 Å². The molecule has 1 aromatic rings. The Hall–Kier alpha value is -2.40. The Morgan fingerprint density at radius 3 is 2.31 bits per heavy atom. The number of hydrogen-bond donors (Lipinski definition) is 2. The van der Waals surface area contributed by atoms with Gasteiger partial charge in [-0.25, -0.2) is 4.79 Å². The molecule has 2 unspecified atom stereocenters. The Labute approximate surface area is 272 Å². The minimum atomic E-state index is -0.864. The molecule has 1 aromatic carbocycles. The van der Waals surface area contributed by atoms with Gasteiger partial charge >= 0.3 is 5.97 Å². The van der Waals surface area contributed by atoms with Gasteiger partial charge in [-0.15, -0.1) is 0 Å². The lowest BCUT2D eigenvalue weighted by Crippen LogP contribution is -2.64. The van der Waals surface area contributed by atoms with E-state index in [1.54, 1.807) is 12.1 Å². The van der Waals surface area contributed by atoms with Gasteiger partial charge in [-0.3, -0.25) is 4.79 Å². The Bertz CT molecular complexity index is 1380. The third kappa shape index (κ3) is 5.06. The zero-order valence-electron chi connectivity index (χ0n) is 29.0. The van der Waals surface area contributed by atoms with Crippen LogP contribution in [0.25, 0.3) is 5.57 Å². The van der Waals surface area contributed by atoms with Crippen molar-refractivity contribution in [1.82, 2.24) is 10.2 Å². The average molecular weight is 615 g/mol. The van der Waals surface area contributed by atoms with Gasteiger partial charge < -0.3 is 15.3 Å². The Morgan fingerprint density at radius 1 is 0.889 bits per heavy atom. The summed E-state index contributed by atoms with van der Waals surface area (Å²) >= 11 is 0. The molecular weight excluding hydrogens is 556 g/mol. The first-order valence-corrected chi connectivity index (χ1v) is 17.8. The molecule has 5 heteroatoms.